The first-order valence-electron chi connectivity index (χ1n) is 6.70. The molecule has 0 saturated heterocycles. The molecule has 0 radical (unpaired) electrons. The van der Waals surface area contributed by atoms with Gasteiger partial charge < -0.3 is 4.90 Å². The van der Waals surface area contributed by atoms with E-state index in [9.17, 15) is 10.1 Å². The van der Waals surface area contributed by atoms with Gasteiger partial charge in [0.15, 0.2) is 5.82 Å². The number of aryl methyl sites for hydroxylation is 1. The highest BCUT2D eigenvalue weighted by Crippen LogP contribution is 2.23. The van der Waals surface area contributed by atoms with Gasteiger partial charge in [-0.25, -0.2) is 9.97 Å². The minimum atomic E-state index is -0.445. The highest BCUT2D eigenvalue weighted by atomic mass is 16.6. The van der Waals surface area contributed by atoms with E-state index in [0.717, 1.165) is 5.69 Å². The number of benzene rings is 1. The van der Waals surface area contributed by atoms with Crippen LogP contribution in [0.25, 0.3) is 11.4 Å². The predicted octanol–water partition coefficient (Wildman–Crippen LogP) is 2.71. The molecule has 1 aromatic carbocycles. The second-order valence-corrected chi connectivity index (χ2v) is 4.83. The summed E-state index contributed by atoms with van der Waals surface area (Å²) in [6.45, 7) is 2.39. The highest BCUT2D eigenvalue weighted by molar-refractivity contribution is 5.61. The fraction of sp³-hybridized carbons (Fsp3) is 0.267. The minimum Gasteiger partial charge on any atom is -0.359 e. The normalized spacial score (nSPS) is 10.0. The van der Waals surface area contributed by atoms with Crippen molar-refractivity contribution in [3.05, 3.63) is 46.1 Å². The SMILES string of the molecule is Cc1cc(N(C)CCC#N)nc(-c2cccc([N+](=O)[O-])c2)n1. The summed E-state index contributed by atoms with van der Waals surface area (Å²) in [6, 6.07) is 10.1. The smallest absolute Gasteiger partial charge is 0.270 e. The summed E-state index contributed by atoms with van der Waals surface area (Å²) in [5.41, 5.74) is 1.35. The summed E-state index contributed by atoms with van der Waals surface area (Å²) in [5.74, 6) is 1.12. The maximum Gasteiger partial charge on any atom is 0.270 e. The van der Waals surface area contributed by atoms with Gasteiger partial charge in [-0.2, -0.15) is 5.26 Å². The van der Waals surface area contributed by atoms with Crippen LogP contribution in [0.4, 0.5) is 11.5 Å². The molecular formula is C15H15N5O2. The largest absolute Gasteiger partial charge is 0.359 e. The van der Waals surface area contributed by atoms with Crippen LogP contribution in [0.3, 0.4) is 0 Å². The van der Waals surface area contributed by atoms with Crippen molar-refractivity contribution in [2.45, 2.75) is 13.3 Å². The molecule has 0 spiro atoms. The summed E-state index contributed by atoms with van der Waals surface area (Å²) < 4.78 is 0. The van der Waals surface area contributed by atoms with Gasteiger partial charge in [0.05, 0.1) is 17.4 Å². The average Bonchev–Trinajstić information content (AvgIpc) is 2.52. The molecule has 0 aliphatic heterocycles. The molecule has 1 aromatic heterocycles. The van der Waals surface area contributed by atoms with E-state index < -0.39 is 4.92 Å². The Morgan fingerprint density at radius 1 is 1.36 bits per heavy atom. The van der Waals surface area contributed by atoms with Gasteiger partial charge in [-0.15, -0.1) is 0 Å². The molecule has 1 heterocycles. The molecule has 0 atom stereocenters. The number of nitro groups is 1. The molecule has 7 nitrogen and oxygen atoms in total. The Kier molecular flexibility index (Phi) is 4.63. The maximum absolute atomic E-state index is 10.9. The minimum absolute atomic E-state index is 0.00184. The fourth-order valence-electron chi connectivity index (χ4n) is 1.97. The number of aromatic nitrogens is 2. The fourth-order valence-corrected chi connectivity index (χ4v) is 1.97. The van der Waals surface area contributed by atoms with Crippen molar-refractivity contribution < 1.29 is 4.92 Å². The van der Waals surface area contributed by atoms with Crippen LogP contribution in [0.2, 0.25) is 0 Å². The average molecular weight is 297 g/mol. The van der Waals surface area contributed by atoms with E-state index in [1.807, 2.05) is 24.9 Å². The Morgan fingerprint density at radius 3 is 2.82 bits per heavy atom. The Hall–Kier alpha value is -3.01. The Morgan fingerprint density at radius 2 is 2.14 bits per heavy atom. The van der Waals surface area contributed by atoms with Crippen molar-refractivity contribution in [1.29, 1.82) is 5.26 Å². The van der Waals surface area contributed by atoms with Crippen LogP contribution in [0.1, 0.15) is 12.1 Å². The second kappa shape index (κ2) is 6.63. The third kappa shape index (κ3) is 3.55. The van der Waals surface area contributed by atoms with E-state index >= 15 is 0 Å². The molecule has 112 valence electrons. The van der Waals surface area contributed by atoms with Gasteiger partial charge in [-0.05, 0) is 6.92 Å². The lowest BCUT2D eigenvalue weighted by Crippen LogP contribution is -2.20. The third-order valence-electron chi connectivity index (χ3n) is 3.11. The zero-order valence-corrected chi connectivity index (χ0v) is 12.4. The topological polar surface area (TPSA) is 96.0 Å². The van der Waals surface area contributed by atoms with Gasteiger partial charge in [0.1, 0.15) is 5.82 Å². The number of nitro benzene ring substituents is 1. The standard InChI is InChI=1S/C15H15N5O2/c1-11-9-14(19(2)8-4-7-16)18-15(17-11)12-5-3-6-13(10-12)20(21)22/h3,5-6,9-10H,4,8H2,1-2H3. The predicted molar refractivity (Wildman–Crippen MR) is 82.4 cm³/mol. The van der Waals surface area contributed by atoms with Gasteiger partial charge in [0, 0.05) is 43.0 Å². The van der Waals surface area contributed by atoms with E-state index in [0.29, 0.717) is 30.2 Å². The van der Waals surface area contributed by atoms with Crippen molar-refractivity contribution in [3.63, 3.8) is 0 Å². The number of nitrogens with zero attached hydrogens (tertiary/aromatic N) is 5. The van der Waals surface area contributed by atoms with E-state index in [1.54, 1.807) is 12.1 Å². The van der Waals surface area contributed by atoms with Crippen LogP contribution in [-0.4, -0.2) is 28.5 Å². The molecule has 0 amide bonds. The number of nitriles is 1. The molecule has 7 heteroatoms. The van der Waals surface area contributed by atoms with Gasteiger partial charge >= 0.3 is 0 Å². The number of hydrogen-bond acceptors (Lipinski definition) is 6. The van der Waals surface area contributed by atoms with Crippen molar-refractivity contribution in [2.75, 3.05) is 18.5 Å². The van der Waals surface area contributed by atoms with E-state index in [2.05, 4.69) is 16.0 Å². The van der Waals surface area contributed by atoms with Gasteiger partial charge in [0.25, 0.3) is 5.69 Å². The summed E-state index contributed by atoms with van der Waals surface area (Å²) in [5, 5.41) is 19.5. The second-order valence-electron chi connectivity index (χ2n) is 4.83. The number of anilines is 1. The molecule has 0 N–H and O–H groups in total. The molecule has 0 bridgehead atoms. The quantitative estimate of drug-likeness (QED) is 0.622. The summed E-state index contributed by atoms with van der Waals surface area (Å²) in [7, 11) is 1.84. The van der Waals surface area contributed by atoms with Crippen LogP contribution in [0.5, 0.6) is 0 Å². The van der Waals surface area contributed by atoms with Crippen molar-refractivity contribution in [1.82, 2.24) is 9.97 Å². The van der Waals surface area contributed by atoms with Crippen LogP contribution in [0, 0.1) is 28.4 Å². The molecule has 22 heavy (non-hydrogen) atoms. The lowest BCUT2D eigenvalue weighted by Gasteiger charge is -2.17. The van der Waals surface area contributed by atoms with Crippen molar-refractivity contribution in [2.24, 2.45) is 0 Å². The zero-order valence-electron chi connectivity index (χ0n) is 12.4. The molecule has 0 unspecified atom stereocenters. The molecule has 0 aliphatic carbocycles. The Labute approximate surface area is 128 Å². The van der Waals surface area contributed by atoms with Crippen LogP contribution < -0.4 is 4.90 Å². The van der Waals surface area contributed by atoms with Gasteiger partial charge in [0.2, 0.25) is 0 Å². The van der Waals surface area contributed by atoms with Crippen molar-refractivity contribution >= 4 is 11.5 Å². The van der Waals surface area contributed by atoms with Crippen LogP contribution >= 0.6 is 0 Å². The first-order valence-corrected chi connectivity index (χ1v) is 6.70. The molecular weight excluding hydrogens is 282 g/mol. The zero-order chi connectivity index (χ0) is 16.1. The van der Waals surface area contributed by atoms with Crippen molar-refractivity contribution in [3.8, 4) is 17.5 Å². The van der Waals surface area contributed by atoms with Gasteiger partial charge in [-0.1, -0.05) is 12.1 Å². The molecule has 2 aromatic rings. The Bertz CT molecular complexity index is 739. The summed E-state index contributed by atoms with van der Waals surface area (Å²) in [6.07, 6.45) is 0.395. The molecule has 0 fully saturated rings. The van der Waals surface area contributed by atoms with Crippen LogP contribution in [-0.2, 0) is 0 Å². The van der Waals surface area contributed by atoms with E-state index in [1.165, 1.54) is 12.1 Å². The number of non-ortho nitro benzene ring substituents is 1. The molecule has 2 rings (SSSR count). The third-order valence-corrected chi connectivity index (χ3v) is 3.11. The summed E-state index contributed by atoms with van der Waals surface area (Å²) in [4.78, 5) is 21.1. The molecule has 0 aliphatic rings. The summed E-state index contributed by atoms with van der Waals surface area (Å²) >= 11 is 0. The number of hydrogen-bond donors (Lipinski definition) is 0. The maximum atomic E-state index is 10.9. The first kappa shape index (κ1) is 15.4. The first-order chi connectivity index (χ1) is 10.5. The van der Waals surface area contributed by atoms with Crippen LogP contribution in [0.15, 0.2) is 30.3 Å². The molecule has 0 saturated carbocycles. The highest BCUT2D eigenvalue weighted by Gasteiger charge is 2.12. The lowest BCUT2D eigenvalue weighted by atomic mass is 10.2. The number of rotatable bonds is 5. The monoisotopic (exact) mass is 297 g/mol. The lowest BCUT2D eigenvalue weighted by molar-refractivity contribution is -0.384. The van der Waals surface area contributed by atoms with E-state index in [-0.39, 0.29) is 5.69 Å². The Balaban J connectivity index is 2.40. The van der Waals surface area contributed by atoms with Gasteiger partial charge in [-0.3, -0.25) is 10.1 Å². The van der Waals surface area contributed by atoms with E-state index in [4.69, 9.17) is 5.26 Å².